The fraction of sp³-hybridized carbons (Fsp3) is 0.375. The Morgan fingerprint density at radius 1 is 1.03 bits per heavy atom. The minimum absolute atomic E-state index is 0.0317. The van der Waals surface area contributed by atoms with Gasteiger partial charge in [-0.3, -0.25) is 4.79 Å². The lowest BCUT2D eigenvalue weighted by Gasteiger charge is -2.35. The molecule has 1 saturated heterocycles. The summed E-state index contributed by atoms with van der Waals surface area (Å²) in [6.07, 6.45) is 1.78. The lowest BCUT2D eigenvalue weighted by Crippen LogP contribution is -2.45. The van der Waals surface area contributed by atoms with Crippen molar-refractivity contribution in [1.29, 1.82) is 0 Å². The van der Waals surface area contributed by atoms with Crippen LogP contribution in [0.3, 0.4) is 0 Å². The first-order valence-corrected chi connectivity index (χ1v) is 13.3. The van der Waals surface area contributed by atoms with Gasteiger partial charge in [-0.15, -0.1) is 0 Å². The number of fused-ring (bicyclic) bond motifs is 1. The summed E-state index contributed by atoms with van der Waals surface area (Å²) in [6.45, 7) is 10.4. The smallest absolute Gasteiger partial charge is 0.255 e. The Kier molecular flexibility index (Phi) is 7.01. The first kappa shape index (κ1) is 26.0. The molecule has 0 N–H and O–H groups in total. The number of nitrogens with zero attached hydrogens (tertiary/aromatic N) is 3. The number of carbonyl (C=O) groups excluding carboxylic acids is 1. The molecule has 6 nitrogen and oxygen atoms in total. The fourth-order valence-corrected chi connectivity index (χ4v) is 5.74. The van der Waals surface area contributed by atoms with Gasteiger partial charge in [0.25, 0.3) is 5.91 Å². The zero-order chi connectivity index (χ0) is 27.0. The molecule has 4 aromatic rings. The van der Waals surface area contributed by atoms with E-state index in [-0.39, 0.29) is 5.91 Å². The topological polar surface area (TPSA) is 56.6 Å². The number of imidazole rings is 1. The molecule has 1 atom stereocenters. The van der Waals surface area contributed by atoms with Crippen LogP contribution < -0.4 is 4.74 Å². The van der Waals surface area contributed by atoms with E-state index in [0.717, 1.165) is 52.1 Å². The van der Waals surface area contributed by atoms with Crippen molar-refractivity contribution < 1.29 is 14.3 Å². The van der Waals surface area contributed by atoms with Gasteiger partial charge in [0.2, 0.25) is 0 Å². The molecule has 2 heterocycles. The first-order chi connectivity index (χ1) is 18.3. The second-order valence-electron chi connectivity index (χ2n) is 10.6. The van der Waals surface area contributed by atoms with Crippen LogP contribution in [0.5, 0.6) is 5.75 Å². The first-order valence-electron chi connectivity index (χ1n) is 13.3. The van der Waals surface area contributed by atoms with Crippen molar-refractivity contribution in [2.45, 2.75) is 52.6 Å². The molecule has 1 aromatic heterocycles. The number of aryl methyl sites for hydroxylation is 3. The van der Waals surface area contributed by atoms with Crippen molar-refractivity contribution in [3.63, 3.8) is 0 Å². The number of benzene rings is 3. The van der Waals surface area contributed by atoms with Gasteiger partial charge in [-0.25, -0.2) is 4.98 Å². The lowest BCUT2D eigenvalue weighted by molar-refractivity contribution is 0.0596. The van der Waals surface area contributed by atoms with Crippen LogP contribution in [-0.2, 0) is 16.8 Å². The molecule has 1 amide bonds. The quantitative estimate of drug-likeness (QED) is 0.287. The SMILES string of the molecule is COCCn1c([C@]2(C)CCCN2C(=O)c2cc(C)ccc2-c2cccc(OC)c2)nc2cc(C)c(C)cc21. The van der Waals surface area contributed by atoms with Crippen LogP contribution in [0, 0.1) is 20.8 Å². The molecule has 0 radical (unpaired) electrons. The number of methoxy groups -OCH3 is 2. The van der Waals surface area contributed by atoms with Crippen LogP contribution in [0.2, 0.25) is 0 Å². The van der Waals surface area contributed by atoms with E-state index in [0.29, 0.717) is 25.3 Å². The van der Waals surface area contributed by atoms with E-state index in [4.69, 9.17) is 14.5 Å². The monoisotopic (exact) mass is 511 g/mol. The van der Waals surface area contributed by atoms with E-state index in [1.54, 1.807) is 14.2 Å². The molecule has 198 valence electrons. The zero-order valence-electron chi connectivity index (χ0n) is 23.3. The summed E-state index contributed by atoms with van der Waals surface area (Å²) in [5.41, 5.74) is 7.60. The number of rotatable bonds is 7. The molecular weight excluding hydrogens is 474 g/mol. The van der Waals surface area contributed by atoms with E-state index in [1.165, 1.54) is 11.1 Å². The third-order valence-corrected chi connectivity index (χ3v) is 8.04. The molecule has 6 heteroatoms. The van der Waals surface area contributed by atoms with Crippen molar-refractivity contribution >= 4 is 16.9 Å². The number of aromatic nitrogens is 2. The predicted molar refractivity (Wildman–Crippen MR) is 152 cm³/mol. The number of hydrogen-bond acceptors (Lipinski definition) is 4. The molecule has 38 heavy (non-hydrogen) atoms. The van der Waals surface area contributed by atoms with Gasteiger partial charge in [0.05, 0.1) is 30.3 Å². The molecule has 0 aliphatic carbocycles. The van der Waals surface area contributed by atoms with Crippen molar-refractivity contribution in [2.75, 3.05) is 27.4 Å². The van der Waals surface area contributed by atoms with E-state index >= 15 is 0 Å². The maximum absolute atomic E-state index is 14.4. The molecule has 0 bridgehead atoms. The van der Waals surface area contributed by atoms with Crippen molar-refractivity contribution in [1.82, 2.24) is 14.5 Å². The van der Waals surface area contributed by atoms with Gasteiger partial charge in [0, 0.05) is 25.8 Å². The molecule has 3 aromatic carbocycles. The Labute approximate surface area is 225 Å². The Morgan fingerprint density at radius 3 is 2.58 bits per heavy atom. The van der Waals surface area contributed by atoms with Gasteiger partial charge >= 0.3 is 0 Å². The highest BCUT2D eigenvalue weighted by molar-refractivity contribution is 6.01. The number of amides is 1. The van der Waals surface area contributed by atoms with Crippen LogP contribution in [0.4, 0.5) is 0 Å². The number of carbonyl (C=O) groups is 1. The van der Waals surface area contributed by atoms with Crippen molar-refractivity contribution in [3.05, 3.63) is 82.7 Å². The van der Waals surface area contributed by atoms with Gasteiger partial charge in [-0.2, -0.15) is 0 Å². The van der Waals surface area contributed by atoms with Gasteiger partial charge < -0.3 is 18.9 Å². The van der Waals surface area contributed by atoms with Gasteiger partial charge in [-0.05, 0) is 93.1 Å². The van der Waals surface area contributed by atoms with E-state index in [1.807, 2.05) is 48.2 Å². The van der Waals surface area contributed by atoms with Crippen LogP contribution in [0.25, 0.3) is 22.2 Å². The fourth-order valence-electron chi connectivity index (χ4n) is 5.74. The highest BCUT2D eigenvalue weighted by atomic mass is 16.5. The molecule has 0 unspecified atom stereocenters. The maximum atomic E-state index is 14.4. The lowest BCUT2D eigenvalue weighted by atomic mass is 9.93. The Balaban J connectivity index is 1.62. The van der Waals surface area contributed by atoms with E-state index < -0.39 is 5.54 Å². The van der Waals surface area contributed by atoms with Gasteiger partial charge in [0.1, 0.15) is 11.6 Å². The van der Waals surface area contributed by atoms with E-state index in [9.17, 15) is 4.79 Å². The summed E-state index contributed by atoms with van der Waals surface area (Å²) in [4.78, 5) is 21.6. The zero-order valence-corrected chi connectivity index (χ0v) is 23.3. The largest absolute Gasteiger partial charge is 0.497 e. The summed E-state index contributed by atoms with van der Waals surface area (Å²) in [6, 6.07) is 18.4. The third kappa shape index (κ3) is 4.47. The maximum Gasteiger partial charge on any atom is 0.255 e. The highest BCUT2D eigenvalue weighted by Crippen LogP contribution is 2.41. The van der Waals surface area contributed by atoms with Crippen molar-refractivity contribution in [2.24, 2.45) is 0 Å². The number of likely N-dealkylation sites (tertiary alicyclic amines) is 1. The Morgan fingerprint density at radius 2 is 1.82 bits per heavy atom. The van der Waals surface area contributed by atoms with Crippen LogP contribution in [-0.4, -0.2) is 47.7 Å². The van der Waals surface area contributed by atoms with Crippen LogP contribution >= 0.6 is 0 Å². The molecule has 1 aliphatic rings. The van der Waals surface area contributed by atoms with E-state index in [2.05, 4.69) is 43.5 Å². The average Bonchev–Trinajstić information content (AvgIpc) is 3.48. The third-order valence-electron chi connectivity index (χ3n) is 8.04. The summed E-state index contributed by atoms with van der Waals surface area (Å²) in [5, 5.41) is 0. The molecule has 1 aliphatic heterocycles. The van der Waals surface area contributed by atoms with Crippen LogP contribution in [0.1, 0.15) is 52.6 Å². The molecular formula is C32H37N3O3. The Bertz CT molecular complexity index is 1510. The number of ether oxygens (including phenoxy) is 2. The Hall–Kier alpha value is -3.64. The second kappa shape index (κ2) is 10.3. The molecule has 1 fully saturated rings. The minimum atomic E-state index is -0.541. The van der Waals surface area contributed by atoms with Crippen LogP contribution in [0.15, 0.2) is 54.6 Å². The number of hydrogen-bond donors (Lipinski definition) is 0. The normalized spacial score (nSPS) is 17.4. The van der Waals surface area contributed by atoms with Gasteiger partial charge in [0.15, 0.2) is 0 Å². The standard InChI is InChI=1S/C32H37N3O3/c1-21-11-12-26(24-9-7-10-25(20-24)38-6)27(17-21)30(36)35-14-8-13-32(35,4)31-33-28-18-22(2)23(3)19-29(28)34(31)15-16-37-5/h7,9-12,17-20H,8,13-16H2,1-6H3/t32-/m0/s1. The van der Waals surface area contributed by atoms with Gasteiger partial charge in [-0.1, -0.05) is 29.8 Å². The summed E-state index contributed by atoms with van der Waals surface area (Å²) >= 11 is 0. The summed E-state index contributed by atoms with van der Waals surface area (Å²) in [5.74, 6) is 1.73. The minimum Gasteiger partial charge on any atom is -0.497 e. The molecule has 0 spiro atoms. The average molecular weight is 512 g/mol. The molecule has 5 rings (SSSR count). The highest BCUT2D eigenvalue weighted by Gasteiger charge is 2.45. The summed E-state index contributed by atoms with van der Waals surface area (Å²) < 4.78 is 13.2. The molecule has 0 saturated carbocycles. The predicted octanol–water partition coefficient (Wildman–Crippen LogP) is 6.43. The summed E-state index contributed by atoms with van der Waals surface area (Å²) in [7, 11) is 3.38. The second-order valence-corrected chi connectivity index (χ2v) is 10.6. The van der Waals surface area contributed by atoms with Crippen molar-refractivity contribution in [3.8, 4) is 16.9 Å².